The number of nitrogens with zero attached hydrogens (tertiary/aromatic N) is 2. The summed E-state index contributed by atoms with van der Waals surface area (Å²) < 4.78 is 5.73. The average Bonchev–Trinajstić information content (AvgIpc) is 2.81. The molecule has 2 aromatic rings. The third-order valence-electron chi connectivity index (χ3n) is 6.77. The van der Waals surface area contributed by atoms with Crippen LogP contribution in [-0.4, -0.2) is 16.8 Å². The number of unbranched alkanes of at least 4 members (excludes halogenated alkanes) is 4. The maximum absolute atomic E-state index is 5.73. The lowest BCUT2D eigenvalue weighted by molar-refractivity contribution is 0.259. The Morgan fingerprint density at radius 3 is 2.20 bits per heavy atom. The second kappa shape index (κ2) is 12.7. The number of aromatic nitrogens is 2. The maximum Gasteiger partial charge on any atom is 0.233 e. The maximum atomic E-state index is 5.73. The van der Waals surface area contributed by atoms with E-state index < -0.39 is 0 Å². The van der Waals surface area contributed by atoms with Gasteiger partial charge in [-0.3, -0.25) is 0 Å². The molecule has 0 spiro atoms. The largest absolute Gasteiger partial charge is 0.477 e. The molecule has 1 saturated carbocycles. The summed E-state index contributed by atoms with van der Waals surface area (Å²) in [4.78, 5) is 0. The minimum Gasteiger partial charge on any atom is -0.477 e. The number of benzene rings is 1. The van der Waals surface area contributed by atoms with E-state index in [-0.39, 0.29) is 0 Å². The van der Waals surface area contributed by atoms with Gasteiger partial charge in [-0.2, -0.15) is 0 Å². The molecule has 164 valence electrons. The van der Waals surface area contributed by atoms with Crippen LogP contribution in [0.3, 0.4) is 0 Å². The van der Waals surface area contributed by atoms with Crippen LogP contribution >= 0.6 is 0 Å². The normalized spacial score (nSPS) is 19.0. The van der Waals surface area contributed by atoms with Crippen molar-refractivity contribution in [2.75, 3.05) is 6.61 Å². The number of hydrogen-bond acceptors (Lipinski definition) is 3. The van der Waals surface area contributed by atoms with E-state index in [2.05, 4.69) is 48.3 Å². The van der Waals surface area contributed by atoms with Crippen LogP contribution in [0.5, 0.6) is 5.88 Å². The van der Waals surface area contributed by atoms with Gasteiger partial charge in [-0.05, 0) is 42.7 Å². The van der Waals surface area contributed by atoms with E-state index in [1.807, 2.05) is 12.1 Å². The van der Waals surface area contributed by atoms with Crippen LogP contribution in [0.4, 0.5) is 0 Å². The SMILES string of the molecule is CCCCCCCOc1ccc(-c2ccc(CC[C@H]3CC[C@H](CC)CC3)cc2)nn1. The van der Waals surface area contributed by atoms with E-state index >= 15 is 0 Å². The first-order chi connectivity index (χ1) is 14.8. The Morgan fingerprint density at radius 1 is 0.800 bits per heavy atom. The molecule has 3 heteroatoms. The lowest BCUT2D eigenvalue weighted by Crippen LogP contribution is -2.14. The third kappa shape index (κ3) is 7.41. The quantitative estimate of drug-likeness (QED) is 0.338. The van der Waals surface area contributed by atoms with Gasteiger partial charge in [0.05, 0.1) is 12.3 Å². The third-order valence-corrected chi connectivity index (χ3v) is 6.77. The highest BCUT2D eigenvalue weighted by atomic mass is 16.5. The van der Waals surface area contributed by atoms with Crippen LogP contribution < -0.4 is 4.74 Å². The smallest absolute Gasteiger partial charge is 0.233 e. The zero-order valence-electron chi connectivity index (χ0n) is 19.1. The van der Waals surface area contributed by atoms with Gasteiger partial charge in [-0.1, -0.05) is 95.9 Å². The molecule has 1 aliphatic rings. The minimum atomic E-state index is 0.628. The first kappa shape index (κ1) is 22.8. The van der Waals surface area contributed by atoms with Gasteiger partial charge in [-0.25, -0.2) is 0 Å². The van der Waals surface area contributed by atoms with Crippen LogP contribution in [0.25, 0.3) is 11.3 Å². The van der Waals surface area contributed by atoms with Gasteiger partial charge >= 0.3 is 0 Å². The van der Waals surface area contributed by atoms with Crippen LogP contribution in [0, 0.1) is 11.8 Å². The Labute approximate surface area is 183 Å². The summed E-state index contributed by atoms with van der Waals surface area (Å²) in [5.74, 6) is 2.55. The van der Waals surface area contributed by atoms with E-state index in [1.165, 1.54) is 76.2 Å². The predicted molar refractivity (Wildman–Crippen MR) is 126 cm³/mol. The summed E-state index contributed by atoms with van der Waals surface area (Å²) in [6.07, 6.45) is 15.8. The molecular formula is C27H40N2O. The topological polar surface area (TPSA) is 35.0 Å². The Morgan fingerprint density at radius 2 is 1.53 bits per heavy atom. The molecule has 1 heterocycles. The first-order valence-corrected chi connectivity index (χ1v) is 12.3. The standard InChI is InChI=1S/C27H40N2O/c1-3-5-6-7-8-21-30-27-20-19-26(28-29-27)25-17-15-24(16-18-25)14-13-23-11-9-22(4-2)10-12-23/h15-20,22-23H,3-14,21H2,1-2H3/t22-,23-. The zero-order valence-corrected chi connectivity index (χ0v) is 19.1. The highest BCUT2D eigenvalue weighted by Gasteiger charge is 2.19. The summed E-state index contributed by atoms with van der Waals surface area (Å²) >= 11 is 0. The van der Waals surface area contributed by atoms with E-state index in [0.29, 0.717) is 5.88 Å². The van der Waals surface area contributed by atoms with Gasteiger partial charge in [0.15, 0.2) is 0 Å². The molecular weight excluding hydrogens is 368 g/mol. The molecule has 0 atom stereocenters. The molecule has 1 aliphatic carbocycles. The van der Waals surface area contributed by atoms with E-state index in [0.717, 1.165) is 36.1 Å². The molecule has 0 bridgehead atoms. The molecule has 0 N–H and O–H groups in total. The monoisotopic (exact) mass is 408 g/mol. The van der Waals surface area contributed by atoms with Gasteiger partial charge in [0, 0.05) is 11.6 Å². The zero-order chi connectivity index (χ0) is 21.0. The van der Waals surface area contributed by atoms with Crippen LogP contribution in [-0.2, 0) is 6.42 Å². The summed E-state index contributed by atoms with van der Waals surface area (Å²) in [7, 11) is 0. The van der Waals surface area contributed by atoms with E-state index in [1.54, 1.807) is 0 Å². The molecule has 0 amide bonds. The molecule has 1 fully saturated rings. The fraction of sp³-hybridized carbons (Fsp3) is 0.630. The molecule has 3 rings (SSSR count). The lowest BCUT2D eigenvalue weighted by Gasteiger charge is -2.27. The van der Waals surface area contributed by atoms with Crippen LogP contribution in [0.1, 0.15) is 90.0 Å². The van der Waals surface area contributed by atoms with Gasteiger partial charge < -0.3 is 4.74 Å². The molecule has 3 nitrogen and oxygen atoms in total. The lowest BCUT2D eigenvalue weighted by atomic mass is 9.78. The number of aryl methyl sites for hydroxylation is 1. The van der Waals surface area contributed by atoms with Gasteiger partial charge in [-0.15, -0.1) is 10.2 Å². The molecule has 1 aromatic carbocycles. The summed E-state index contributed by atoms with van der Waals surface area (Å²) in [5.41, 5.74) is 3.47. The second-order valence-corrected chi connectivity index (χ2v) is 9.05. The van der Waals surface area contributed by atoms with Crippen molar-refractivity contribution in [1.29, 1.82) is 0 Å². The second-order valence-electron chi connectivity index (χ2n) is 9.05. The van der Waals surface area contributed by atoms with Crippen LogP contribution in [0.15, 0.2) is 36.4 Å². The predicted octanol–water partition coefficient (Wildman–Crippen LogP) is 7.64. The number of hydrogen-bond donors (Lipinski definition) is 0. The summed E-state index contributed by atoms with van der Waals surface area (Å²) in [6, 6.07) is 12.8. The average molecular weight is 409 g/mol. The Balaban J connectivity index is 1.41. The number of rotatable bonds is 12. The highest BCUT2D eigenvalue weighted by Crippen LogP contribution is 2.33. The van der Waals surface area contributed by atoms with E-state index in [9.17, 15) is 0 Å². The summed E-state index contributed by atoms with van der Waals surface area (Å²) in [6.45, 7) is 5.31. The van der Waals surface area contributed by atoms with Crippen molar-refractivity contribution in [2.24, 2.45) is 11.8 Å². The highest BCUT2D eigenvalue weighted by molar-refractivity contribution is 5.59. The Bertz CT molecular complexity index is 703. The van der Waals surface area contributed by atoms with Gasteiger partial charge in [0.2, 0.25) is 5.88 Å². The van der Waals surface area contributed by atoms with Gasteiger partial charge in [0.1, 0.15) is 0 Å². The minimum absolute atomic E-state index is 0.628. The molecule has 1 aromatic heterocycles. The van der Waals surface area contributed by atoms with Crippen LogP contribution in [0.2, 0.25) is 0 Å². The fourth-order valence-corrected chi connectivity index (χ4v) is 4.57. The van der Waals surface area contributed by atoms with Gasteiger partial charge in [0.25, 0.3) is 0 Å². The molecule has 0 aliphatic heterocycles. The Hall–Kier alpha value is -1.90. The van der Waals surface area contributed by atoms with Crippen molar-refractivity contribution >= 4 is 0 Å². The van der Waals surface area contributed by atoms with Crippen molar-refractivity contribution in [3.05, 3.63) is 42.0 Å². The first-order valence-electron chi connectivity index (χ1n) is 12.3. The summed E-state index contributed by atoms with van der Waals surface area (Å²) in [5, 5.41) is 8.62. The molecule has 30 heavy (non-hydrogen) atoms. The van der Waals surface area contributed by atoms with Crippen molar-refractivity contribution in [1.82, 2.24) is 10.2 Å². The number of ether oxygens (including phenoxy) is 1. The molecule has 0 unspecified atom stereocenters. The molecule has 0 radical (unpaired) electrons. The molecule has 0 saturated heterocycles. The Kier molecular flexibility index (Phi) is 9.66. The van der Waals surface area contributed by atoms with Crippen molar-refractivity contribution in [3.8, 4) is 17.1 Å². The van der Waals surface area contributed by atoms with Crippen molar-refractivity contribution < 1.29 is 4.74 Å². The van der Waals surface area contributed by atoms with E-state index in [4.69, 9.17) is 4.74 Å². The van der Waals surface area contributed by atoms with Crippen molar-refractivity contribution in [3.63, 3.8) is 0 Å². The van der Waals surface area contributed by atoms with Crippen molar-refractivity contribution in [2.45, 2.75) is 90.9 Å². The fourth-order valence-electron chi connectivity index (χ4n) is 4.57.